The molecule has 10 heteroatoms. The van der Waals surface area contributed by atoms with Crippen LogP contribution in [0.25, 0.3) is 0 Å². The van der Waals surface area contributed by atoms with E-state index in [2.05, 4.69) is 9.99 Å². The predicted octanol–water partition coefficient (Wildman–Crippen LogP) is 6.02. The number of carbonyl (C=O) groups is 1. The monoisotopic (exact) mass is 448 g/mol. The molecule has 0 aliphatic heterocycles. The van der Waals surface area contributed by atoms with Crippen molar-refractivity contribution >= 4 is 41.1 Å². The first-order valence-electron chi connectivity index (χ1n) is 8.26. The zero-order chi connectivity index (χ0) is 21.7. The van der Waals surface area contributed by atoms with E-state index in [4.69, 9.17) is 27.9 Å². The fourth-order valence-electron chi connectivity index (χ4n) is 2.32. The molecule has 0 aliphatic carbocycles. The highest BCUT2D eigenvalue weighted by atomic mass is 35.5. The van der Waals surface area contributed by atoms with Gasteiger partial charge in [0, 0.05) is 11.1 Å². The summed E-state index contributed by atoms with van der Waals surface area (Å²) in [4.78, 5) is 27.5. The molecule has 0 radical (unpaired) electrons. The second-order valence-corrected chi connectivity index (χ2v) is 6.59. The molecule has 0 aliphatic rings. The van der Waals surface area contributed by atoms with Crippen LogP contribution in [0, 0.1) is 15.9 Å². The number of halogens is 3. The molecule has 0 bridgehead atoms. The Bertz CT molecular complexity index is 1120. The van der Waals surface area contributed by atoms with E-state index in [9.17, 15) is 19.3 Å². The van der Waals surface area contributed by atoms with E-state index in [1.807, 2.05) is 0 Å². The standard InChI is InChI=1S/C20H11Cl2FN2O5/c21-13-5-7-14(8-6-13)29-19-9-4-12(10-18(19)25(27)28)20(26)30-24-11-15-16(22)2-1-3-17(15)23/h1-11H. The maximum atomic E-state index is 13.7. The Morgan fingerprint density at radius 3 is 2.50 bits per heavy atom. The van der Waals surface area contributed by atoms with Crippen LogP contribution in [0.15, 0.2) is 65.8 Å². The number of rotatable bonds is 6. The van der Waals surface area contributed by atoms with Gasteiger partial charge in [-0.25, -0.2) is 9.18 Å². The molecule has 3 aromatic rings. The number of nitrogens with zero attached hydrogens (tertiary/aromatic N) is 2. The van der Waals surface area contributed by atoms with Crippen LogP contribution in [0.1, 0.15) is 15.9 Å². The van der Waals surface area contributed by atoms with Gasteiger partial charge in [-0.3, -0.25) is 10.1 Å². The minimum atomic E-state index is -0.986. The summed E-state index contributed by atoms with van der Waals surface area (Å²) < 4.78 is 19.2. The Morgan fingerprint density at radius 2 is 1.83 bits per heavy atom. The van der Waals surface area contributed by atoms with E-state index in [-0.39, 0.29) is 21.9 Å². The third kappa shape index (κ3) is 5.11. The van der Waals surface area contributed by atoms with Crippen molar-refractivity contribution in [1.29, 1.82) is 0 Å². The Morgan fingerprint density at radius 1 is 1.10 bits per heavy atom. The number of nitro benzene ring substituents is 1. The summed E-state index contributed by atoms with van der Waals surface area (Å²) in [6, 6.07) is 13.7. The summed E-state index contributed by atoms with van der Waals surface area (Å²) in [5.74, 6) is -1.40. The van der Waals surface area contributed by atoms with Gasteiger partial charge in [0.25, 0.3) is 0 Å². The molecule has 3 rings (SSSR count). The summed E-state index contributed by atoms with van der Waals surface area (Å²) in [6.07, 6.45) is 0.933. The molecule has 3 aromatic carbocycles. The minimum absolute atomic E-state index is 0.0651. The molecular formula is C20H11Cl2FN2O5. The predicted molar refractivity (Wildman–Crippen MR) is 109 cm³/mol. The third-order valence-electron chi connectivity index (χ3n) is 3.75. The molecule has 30 heavy (non-hydrogen) atoms. The van der Waals surface area contributed by atoms with E-state index in [1.54, 1.807) is 12.1 Å². The van der Waals surface area contributed by atoms with Crippen molar-refractivity contribution < 1.29 is 23.7 Å². The summed E-state index contributed by atoms with van der Waals surface area (Å²) in [5.41, 5.74) is -0.674. The maximum absolute atomic E-state index is 13.7. The van der Waals surface area contributed by atoms with Crippen molar-refractivity contribution in [3.05, 3.63) is 97.8 Å². The van der Waals surface area contributed by atoms with Crippen LogP contribution in [-0.2, 0) is 4.84 Å². The molecule has 0 fully saturated rings. The molecule has 0 amide bonds. The Kier molecular flexibility index (Phi) is 6.61. The number of oxime groups is 1. The van der Waals surface area contributed by atoms with Crippen LogP contribution in [0.3, 0.4) is 0 Å². The van der Waals surface area contributed by atoms with Crippen LogP contribution in [0.2, 0.25) is 10.0 Å². The molecule has 7 nitrogen and oxygen atoms in total. The van der Waals surface area contributed by atoms with E-state index in [1.165, 1.54) is 36.4 Å². The van der Waals surface area contributed by atoms with Gasteiger partial charge in [-0.05, 0) is 48.5 Å². The van der Waals surface area contributed by atoms with Crippen molar-refractivity contribution in [2.45, 2.75) is 0 Å². The molecular weight excluding hydrogens is 438 g/mol. The van der Waals surface area contributed by atoms with Crippen molar-refractivity contribution in [2.75, 3.05) is 0 Å². The first kappa shape index (κ1) is 21.2. The average molecular weight is 449 g/mol. The fraction of sp³-hybridized carbons (Fsp3) is 0. The Hall–Kier alpha value is -3.49. The van der Waals surface area contributed by atoms with Crippen molar-refractivity contribution in [2.24, 2.45) is 5.16 Å². The third-order valence-corrected chi connectivity index (χ3v) is 4.33. The van der Waals surface area contributed by atoms with Crippen molar-refractivity contribution in [1.82, 2.24) is 0 Å². The summed E-state index contributed by atoms with van der Waals surface area (Å²) >= 11 is 11.6. The smallest absolute Gasteiger partial charge is 0.365 e. The van der Waals surface area contributed by atoms with E-state index < -0.39 is 22.4 Å². The van der Waals surface area contributed by atoms with Crippen LogP contribution in [0.5, 0.6) is 11.5 Å². The van der Waals surface area contributed by atoms with Crippen molar-refractivity contribution in [3.8, 4) is 11.5 Å². The maximum Gasteiger partial charge on any atom is 0.365 e. The normalized spacial score (nSPS) is 10.8. The van der Waals surface area contributed by atoms with Gasteiger partial charge in [-0.15, -0.1) is 0 Å². The van der Waals surface area contributed by atoms with Crippen LogP contribution in [-0.4, -0.2) is 17.1 Å². The minimum Gasteiger partial charge on any atom is -0.450 e. The highest BCUT2D eigenvalue weighted by Gasteiger charge is 2.20. The second kappa shape index (κ2) is 9.34. The number of hydrogen-bond donors (Lipinski definition) is 0. The molecule has 0 aromatic heterocycles. The highest BCUT2D eigenvalue weighted by Crippen LogP contribution is 2.32. The van der Waals surface area contributed by atoms with E-state index in [0.29, 0.717) is 10.8 Å². The zero-order valence-corrected chi connectivity index (χ0v) is 16.4. The number of hydrogen-bond acceptors (Lipinski definition) is 6. The lowest BCUT2D eigenvalue weighted by Gasteiger charge is -2.07. The van der Waals surface area contributed by atoms with Gasteiger partial charge < -0.3 is 9.57 Å². The number of benzene rings is 3. The van der Waals surface area contributed by atoms with Gasteiger partial charge in [0.2, 0.25) is 5.75 Å². The quantitative estimate of drug-likeness (QED) is 0.199. The fourth-order valence-corrected chi connectivity index (χ4v) is 2.65. The van der Waals surface area contributed by atoms with Gasteiger partial charge >= 0.3 is 11.7 Å². The highest BCUT2D eigenvalue weighted by molar-refractivity contribution is 6.33. The lowest BCUT2D eigenvalue weighted by atomic mass is 10.2. The molecule has 0 heterocycles. The topological polar surface area (TPSA) is 91.0 Å². The van der Waals surface area contributed by atoms with E-state index >= 15 is 0 Å². The largest absolute Gasteiger partial charge is 0.450 e. The average Bonchev–Trinajstić information content (AvgIpc) is 2.72. The number of nitro groups is 1. The molecule has 0 spiro atoms. The van der Waals surface area contributed by atoms with Gasteiger partial charge in [0.1, 0.15) is 11.6 Å². The zero-order valence-electron chi connectivity index (χ0n) is 14.9. The lowest BCUT2D eigenvalue weighted by Crippen LogP contribution is -2.03. The summed E-state index contributed by atoms with van der Waals surface area (Å²) in [7, 11) is 0. The van der Waals surface area contributed by atoms with Gasteiger partial charge in [-0.1, -0.05) is 34.4 Å². The van der Waals surface area contributed by atoms with Gasteiger partial charge in [-0.2, -0.15) is 0 Å². The number of carbonyl (C=O) groups excluding carboxylic acids is 1. The molecule has 0 atom stereocenters. The summed E-state index contributed by atoms with van der Waals surface area (Å²) in [6.45, 7) is 0. The lowest BCUT2D eigenvalue weighted by molar-refractivity contribution is -0.385. The molecule has 0 unspecified atom stereocenters. The van der Waals surface area contributed by atoms with Gasteiger partial charge in [0.15, 0.2) is 0 Å². The summed E-state index contributed by atoms with van der Waals surface area (Å²) in [5, 5.41) is 15.3. The first-order valence-corrected chi connectivity index (χ1v) is 9.01. The SMILES string of the molecule is O=C(ON=Cc1c(F)cccc1Cl)c1ccc(Oc2ccc(Cl)cc2)c([N+](=O)[O-])c1. The Labute approximate surface area is 179 Å². The molecule has 0 N–H and O–H groups in total. The van der Waals surface area contributed by atoms with Crippen LogP contribution >= 0.6 is 23.2 Å². The molecule has 0 saturated heterocycles. The van der Waals surface area contributed by atoms with Gasteiger partial charge in [0.05, 0.1) is 27.3 Å². The molecule has 0 saturated carbocycles. The first-order chi connectivity index (χ1) is 14.3. The second-order valence-electron chi connectivity index (χ2n) is 5.74. The Balaban J connectivity index is 1.78. The van der Waals surface area contributed by atoms with Crippen LogP contribution in [0.4, 0.5) is 10.1 Å². The molecule has 152 valence electrons. The van der Waals surface area contributed by atoms with Crippen LogP contribution < -0.4 is 4.74 Å². The number of ether oxygens (including phenoxy) is 1. The van der Waals surface area contributed by atoms with E-state index in [0.717, 1.165) is 18.3 Å². The van der Waals surface area contributed by atoms with Crippen molar-refractivity contribution in [3.63, 3.8) is 0 Å².